The fourth-order valence-electron chi connectivity index (χ4n) is 2.96. The third-order valence-electron chi connectivity index (χ3n) is 4.95. The van der Waals surface area contributed by atoms with Gasteiger partial charge in [-0.2, -0.15) is 0 Å². The Labute approximate surface area is 171 Å². The Morgan fingerprint density at radius 3 is 2.72 bits per heavy atom. The Hall–Kier alpha value is -2.13. The maximum absolute atomic E-state index is 12.5. The zero-order valence-corrected chi connectivity index (χ0v) is 17.3. The van der Waals surface area contributed by atoms with Crippen molar-refractivity contribution in [2.24, 2.45) is 5.92 Å². The first-order valence-electron chi connectivity index (χ1n) is 10.1. The molecule has 1 heterocycles. The van der Waals surface area contributed by atoms with Crippen LogP contribution < -0.4 is 10.1 Å². The third-order valence-corrected chi connectivity index (χ3v) is 6.75. The second-order valence-corrected chi connectivity index (χ2v) is 9.57. The molecule has 2 fully saturated rings. The van der Waals surface area contributed by atoms with Gasteiger partial charge in [0.2, 0.25) is 5.91 Å². The summed E-state index contributed by atoms with van der Waals surface area (Å²) in [7, 11) is -3.36. The molecular formula is C20H28N2O6S. The van der Waals surface area contributed by atoms with Crippen molar-refractivity contribution >= 4 is 21.8 Å². The second kappa shape index (κ2) is 10.1. The molecule has 3 amide bonds. The molecule has 1 aromatic carbocycles. The summed E-state index contributed by atoms with van der Waals surface area (Å²) in [6.07, 6.45) is 3.78. The topological polar surface area (TPSA) is 102 Å². The highest BCUT2D eigenvalue weighted by Gasteiger charge is 2.23. The van der Waals surface area contributed by atoms with E-state index >= 15 is 0 Å². The lowest BCUT2D eigenvalue weighted by atomic mass is 10.3. The lowest BCUT2D eigenvalue weighted by Gasteiger charge is -2.26. The van der Waals surface area contributed by atoms with Gasteiger partial charge in [0.15, 0.2) is 9.84 Å². The van der Waals surface area contributed by atoms with Crippen molar-refractivity contribution in [1.29, 1.82) is 0 Å². The van der Waals surface area contributed by atoms with E-state index in [4.69, 9.17) is 9.47 Å². The van der Waals surface area contributed by atoms with Crippen molar-refractivity contribution in [3.8, 4) is 5.75 Å². The summed E-state index contributed by atoms with van der Waals surface area (Å²) in [6.45, 7) is 2.24. The van der Waals surface area contributed by atoms with E-state index in [9.17, 15) is 18.0 Å². The van der Waals surface area contributed by atoms with E-state index in [1.807, 2.05) is 0 Å². The summed E-state index contributed by atoms with van der Waals surface area (Å²) in [5.41, 5.74) is 0. The monoisotopic (exact) mass is 424 g/mol. The van der Waals surface area contributed by atoms with Crippen LogP contribution in [0.3, 0.4) is 0 Å². The highest BCUT2D eigenvalue weighted by atomic mass is 32.2. The molecule has 0 aromatic heterocycles. The number of hydrogen-bond acceptors (Lipinski definition) is 6. The summed E-state index contributed by atoms with van der Waals surface area (Å²) >= 11 is 0. The first kappa shape index (κ1) is 21.6. The Bertz CT molecular complexity index is 822. The van der Waals surface area contributed by atoms with Crippen LogP contribution in [0.1, 0.15) is 32.1 Å². The number of carbonyl (C=O) groups excluding carboxylic acids is 2. The van der Waals surface area contributed by atoms with Crippen LogP contribution in [0.2, 0.25) is 0 Å². The van der Waals surface area contributed by atoms with E-state index in [1.54, 1.807) is 24.3 Å². The minimum absolute atomic E-state index is 0.0546. The fourth-order valence-corrected chi connectivity index (χ4v) is 4.36. The molecule has 2 aliphatic rings. The van der Waals surface area contributed by atoms with E-state index in [2.05, 4.69) is 5.32 Å². The number of amides is 3. The molecule has 0 atom stereocenters. The average Bonchev–Trinajstić information content (AvgIpc) is 3.52. The van der Waals surface area contributed by atoms with Gasteiger partial charge in [-0.05, 0) is 49.8 Å². The van der Waals surface area contributed by atoms with Gasteiger partial charge in [-0.15, -0.1) is 0 Å². The molecule has 1 saturated carbocycles. The zero-order valence-electron chi connectivity index (χ0n) is 16.5. The van der Waals surface area contributed by atoms with Gasteiger partial charge in [-0.3, -0.25) is 10.1 Å². The maximum Gasteiger partial charge on any atom is 0.324 e. The Kier molecular flexibility index (Phi) is 7.49. The van der Waals surface area contributed by atoms with E-state index < -0.39 is 9.84 Å². The molecular weight excluding hydrogens is 396 g/mol. The van der Waals surface area contributed by atoms with Crippen molar-refractivity contribution in [2.45, 2.75) is 37.0 Å². The molecule has 1 aliphatic carbocycles. The summed E-state index contributed by atoms with van der Waals surface area (Å²) < 4.78 is 36.2. The number of nitrogens with zero attached hydrogens (tertiary/aromatic N) is 1. The van der Waals surface area contributed by atoms with E-state index in [1.165, 1.54) is 17.7 Å². The van der Waals surface area contributed by atoms with Gasteiger partial charge in [0.05, 0.1) is 23.9 Å². The molecule has 0 bridgehead atoms. The predicted molar refractivity (Wildman–Crippen MR) is 106 cm³/mol. The van der Waals surface area contributed by atoms with Crippen LogP contribution in [-0.2, 0) is 19.4 Å². The normalized spacial score (nSPS) is 17.3. The predicted octanol–water partition coefficient (Wildman–Crippen LogP) is 1.99. The quantitative estimate of drug-likeness (QED) is 0.515. The van der Waals surface area contributed by atoms with Crippen LogP contribution >= 0.6 is 0 Å². The number of hydrogen-bond donors (Lipinski definition) is 1. The summed E-state index contributed by atoms with van der Waals surface area (Å²) in [4.78, 5) is 24.5. The SMILES string of the molecule is O=C1CCN(CCOCCCCS(=O)(=O)c2cccc(OCC3CC3)c2)C(=O)N1. The number of imide groups is 1. The van der Waals surface area contributed by atoms with Gasteiger partial charge in [0.1, 0.15) is 5.75 Å². The Morgan fingerprint density at radius 2 is 1.97 bits per heavy atom. The molecule has 8 nitrogen and oxygen atoms in total. The van der Waals surface area contributed by atoms with Crippen molar-refractivity contribution in [2.75, 3.05) is 38.7 Å². The number of benzene rings is 1. The molecule has 0 radical (unpaired) electrons. The summed E-state index contributed by atoms with van der Waals surface area (Å²) in [6, 6.07) is 6.31. The minimum atomic E-state index is -3.36. The Balaban J connectivity index is 1.31. The lowest BCUT2D eigenvalue weighted by Crippen LogP contribution is -2.50. The molecule has 1 aromatic rings. The van der Waals surface area contributed by atoms with Gasteiger partial charge in [0.25, 0.3) is 0 Å². The first-order chi connectivity index (χ1) is 13.9. The fraction of sp³-hybridized carbons (Fsp3) is 0.600. The van der Waals surface area contributed by atoms with Gasteiger partial charge < -0.3 is 14.4 Å². The standard InChI is InChI=1S/C20H28N2O6S/c23-19-8-9-22(20(24)21-19)10-12-27-11-1-2-13-29(25,26)18-5-3-4-17(14-18)28-15-16-6-7-16/h3-5,14,16H,1-2,6-13,15H2,(H,21,23,24). The van der Waals surface area contributed by atoms with Crippen LogP contribution in [0.5, 0.6) is 5.75 Å². The highest BCUT2D eigenvalue weighted by molar-refractivity contribution is 7.91. The molecule has 1 aliphatic heterocycles. The second-order valence-electron chi connectivity index (χ2n) is 7.46. The third kappa shape index (κ3) is 7.01. The smallest absolute Gasteiger partial charge is 0.324 e. The Morgan fingerprint density at radius 1 is 1.14 bits per heavy atom. The van der Waals surface area contributed by atoms with Crippen molar-refractivity contribution < 1.29 is 27.5 Å². The van der Waals surface area contributed by atoms with Gasteiger partial charge in [-0.25, -0.2) is 13.2 Å². The van der Waals surface area contributed by atoms with E-state index in [-0.39, 0.29) is 22.6 Å². The summed E-state index contributed by atoms with van der Waals surface area (Å²) in [5, 5.41) is 2.26. The van der Waals surface area contributed by atoms with Crippen LogP contribution in [0, 0.1) is 5.92 Å². The largest absolute Gasteiger partial charge is 0.493 e. The number of rotatable bonds is 12. The van der Waals surface area contributed by atoms with Crippen LogP contribution in [0.4, 0.5) is 4.79 Å². The molecule has 1 saturated heterocycles. The molecule has 0 unspecified atom stereocenters. The van der Waals surface area contributed by atoms with Gasteiger partial charge in [-0.1, -0.05) is 6.07 Å². The average molecular weight is 425 g/mol. The number of nitrogens with one attached hydrogen (secondary N) is 1. The molecule has 3 rings (SSSR count). The number of ether oxygens (including phenoxy) is 2. The number of sulfone groups is 1. The van der Waals surface area contributed by atoms with Gasteiger partial charge >= 0.3 is 6.03 Å². The zero-order chi connectivity index (χ0) is 20.7. The van der Waals surface area contributed by atoms with Crippen molar-refractivity contribution in [3.05, 3.63) is 24.3 Å². The highest BCUT2D eigenvalue weighted by Crippen LogP contribution is 2.30. The minimum Gasteiger partial charge on any atom is -0.493 e. The number of unbranched alkanes of at least 4 members (excludes halogenated alkanes) is 1. The van der Waals surface area contributed by atoms with Crippen LogP contribution in [-0.4, -0.2) is 63.9 Å². The molecule has 9 heteroatoms. The number of carbonyl (C=O) groups is 2. The molecule has 1 N–H and O–H groups in total. The molecule has 160 valence electrons. The van der Waals surface area contributed by atoms with E-state index in [0.717, 1.165) is 0 Å². The molecule has 0 spiro atoms. The maximum atomic E-state index is 12.5. The van der Waals surface area contributed by atoms with Gasteiger partial charge in [0, 0.05) is 26.1 Å². The molecule has 29 heavy (non-hydrogen) atoms. The lowest BCUT2D eigenvalue weighted by molar-refractivity contribution is -0.121. The van der Waals surface area contributed by atoms with Crippen LogP contribution in [0.25, 0.3) is 0 Å². The number of urea groups is 1. The van der Waals surface area contributed by atoms with Crippen molar-refractivity contribution in [1.82, 2.24) is 10.2 Å². The first-order valence-corrected chi connectivity index (χ1v) is 11.7. The van der Waals surface area contributed by atoms with Crippen LogP contribution in [0.15, 0.2) is 29.2 Å². The van der Waals surface area contributed by atoms with Crippen molar-refractivity contribution in [3.63, 3.8) is 0 Å². The van der Waals surface area contributed by atoms with E-state index in [0.29, 0.717) is 63.8 Å². The summed E-state index contributed by atoms with van der Waals surface area (Å²) in [5.74, 6) is 1.01.